The molecule has 0 spiro atoms. The molecule has 3 aromatic carbocycles. The first-order chi connectivity index (χ1) is 19.4. The lowest BCUT2D eigenvalue weighted by molar-refractivity contribution is 0.0984. The number of sulfonamides is 1. The fourth-order valence-electron chi connectivity index (χ4n) is 4.50. The Morgan fingerprint density at radius 3 is 2.27 bits per heavy atom. The Hall–Kier alpha value is -3.92. The number of hydrogen-bond donors (Lipinski definition) is 0. The number of nitrogens with zero attached hydrogens (tertiary/aromatic N) is 4. The molecule has 0 fully saturated rings. The molecule has 2 aromatic heterocycles. The molecule has 0 bridgehead atoms. The van der Waals surface area contributed by atoms with Gasteiger partial charge < -0.3 is 0 Å². The summed E-state index contributed by atoms with van der Waals surface area (Å²) in [5, 5.41) is 0.572. The molecule has 0 N–H and O–H groups in total. The summed E-state index contributed by atoms with van der Waals surface area (Å²) in [4.78, 5) is 24.9. The van der Waals surface area contributed by atoms with E-state index in [1.54, 1.807) is 23.2 Å². The highest BCUT2D eigenvalue weighted by Crippen LogP contribution is 2.33. The van der Waals surface area contributed by atoms with Gasteiger partial charge in [0.2, 0.25) is 10.0 Å². The van der Waals surface area contributed by atoms with Crippen molar-refractivity contribution >= 4 is 42.6 Å². The van der Waals surface area contributed by atoms with Crippen molar-refractivity contribution in [2.75, 3.05) is 11.4 Å². The van der Waals surface area contributed by atoms with Crippen LogP contribution in [0.3, 0.4) is 0 Å². The van der Waals surface area contributed by atoms with Crippen LogP contribution in [0.15, 0.2) is 102 Å². The van der Waals surface area contributed by atoms with E-state index < -0.39 is 10.0 Å². The Bertz CT molecular complexity index is 1700. The number of rotatable bonds is 10. The van der Waals surface area contributed by atoms with Crippen molar-refractivity contribution in [3.05, 3.63) is 120 Å². The zero-order valence-corrected chi connectivity index (χ0v) is 24.0. The van der Waals surface area contributed by atoms with Gasteiger partial charge in [-0.2, -0.15) is 4.31 Å². The van der Waals surface area contributed by atoms with Gasteiger partial charge in [-0.1, -0.05) is 73.7 Å². The molecule has 0 aliphatic heterocycles. The van der Waals surface area contributed by atoms with Crippen LogP contribution in [0.1, 0.15) is 41.0 Å². The van der Waals surface area contributed by atoms with Crippen LogP contribution in [0, 0.1) is 0 Å². The van der Waals surface area contributed by atoms with E-state index in [2.05, 4.69) is 11.9 Å². The molecule has 0 atom stereocenters. The van der Waals surface area contributed by atoms with Crippen molar-refractivity contribution < 1.29 is 13.2 Å². The zero-order chi connectivity index (χ0) is 28.1. The number of thiazole rings is 1. The SMILES string of the molecule is CCc1cccc2sc(N(Cc3ccccn3)C(=O)c3ccc(S(=O)(=O)N(CC)Cc4ccccc4)cc3)nc12. The summed E-state index contributed by atoms with van der Waals surface area (Å²) in [7, 11) is -3.75. The molecule has 0 radical (unpaired) electrons. The second kappa shape index (κ2) is 12.1. The number of fused-ring (bicyclic) bond motifs is 1. The van der Waals surface area contributed by atoms with E-state index in [0.717, 1.165) is 33.5 Å². The molecule has 9 heteroatoms. The highest BCUT2D eigenvalue weighted by Gasteiger charge is 2.26. The molecule has 1 amide bonds. The summed E-state index contributed by atoms with van der Waals surface area (Å²) < 4.78 is 29.3. The van der Waals surface area contributed by atoms with Gasteiger partial charge in [0.25, 0.3) is 5.91 Å². The molecular weight excluding hydrogens is 541 g/mol. The molecule has 0 saturated carbocycles. The molecule has 0 saturated heterocycles. The number of pyridine rings is 1. The van der Waals surface area contributed by atoms with Crippen LogP contribution in [-0.2, 0) is 29.5 Å². The number of anilines is 1. The molecule has 0 aliphatic carbocycles. The van der Waals surface area contributed by atoms with Crippen LogP contribution in [0.25, 0.3) is 10.2 Å². The van der Waals surface area contributed by atoms with Crippen LogP contribution < -0.4 is 4.90 Å². The molecule has 204 valence electrons. The standard InChI is InChI=1S/C31H30N4O3S2/c1-3-24-13-10-15-28-29(24)33-31(39-28)35(22-26-14-8-9-20-32-26)30(36)25-16-18-27(19-17-25)40(37,38)34(4-2)21-23-11-6-5-7-12-23/h5-20H,3-4,21-22H2,1-2H3. The predicted molar refractivity (Wildman–Crippen MR) is 160 cm³/mol. The number of aryl methyl sites for hydroxylation is 1. The van der Waals surface area contributed by atoms with Crippen molar-refractivity contribution in [3.8, 4) is 0 Å². The molecular formula is C31H30N4O3S2. The Morgan fingerprint density at radius 2 is 1.60 bits per heavy atom. The third-order valence-corrected chi connectivity index (χ3v) is 9.67. The zero-order valence-electron chi connectivity index (χ0n) is 22.4. The Kier molecular flexibility index (Phi) is 8.35. The highest BCUT2D eigenvalue weighted by molar-refractivity contribution is 7.89. The average Bonchev–Trinajstić information content (AvgIpc) is 3.43. The first-order valence-electron chi connectivity index (χ1n) is 13.1. The molecule has 7 nitrogen and oxygen atoms in total. The number of aromatic nitrogens is 2. The van der Waals surface area contributed by atoms with E-state index >= 15 is 0 Å². The van der Waals surface area contributed by atoms with Crippen LogP contribution in [0.5, 0.6) is 0 Å². The van der Waals surface area contributed by atoms with Gasteiger partial charge in [0.15, 0.2) is 5.13 Å². The van der Waals surface area contributed by atoms with Crippen molar-refractivity contribution in [2.24, 2.45) is 0 Å². The fourth-order valence-corrected chi connectivity index (χ4v) is 6.95. The molecule has 2 heterocycles. The van der Waals surface area contributed by atoms with Gasteiger partial charge in [-0.3, -0.25) is 14.7 Å². The number of carbonyl (C=O) groups is 1. The lowest BCUT2D eigenvalue weighted by Gasteiger charge is -2.22. The first-order valence-corrected chi connectivity index (χ1v) is 15.4. The monoisotopic (exact) mass is 570 g/mol. The van der Waals surface area contributed by atoms with Crippen molar-refractivity contribution in [1.29, 1.82) is 0 Å². The van der Waals surface area contributed by atoms with E-state index in [4.69, 9.17) is 4.98 Å². The Balaban J connectivity index is 1.45. The second-order valence-corrected chi connectivity index (χ2v) is 12.2. The van der Waals surface area contributed by atoms with Gasteiger partial charge in [0.05, 0.1) is 27.4 Å². The molecule has 40 heavy (non-hydrogen) atoms. The summed E-state index contributed by atoms with van der Waals surface area (Å²) in [5.41, 5.74) is 4.02. The van der Waals surface area contributed by atoms with Crippen LogP contribution >= 0.6 is 11.3 Å². The Labute approximate surface area is 238 Å². The number of hydrogen-bond acceptors (Lipinski definition) is 6. The number of benzene rings is 3. The molecule has 5 aromatic rings. The first kappa shape index (κ1) is 27.6. The van der Waals surface area contributed by atoms with Crippen molar-refractivity contribution in [1.82, 2.24) is 14.3 Å². The minimum Gasteiger partial charge on any atom is -0.278 e. The number of amides is 1. The second-order valence-electron chi connectivity index (χ2n) is 9.27. The maximum Gasteiger partial charge on any atom is 0.260 e. The maximum absolute atomic E-state index is 13.9. The summed E-state index contributed by atoms with van der Waals surface area (Å²) >= 11 is 1.46. The third-order valence-electron chi connectivity index (χ3n) is 6.69. The van der Waals surface area contributed by atoms with Gasteiger partial charge in [0.1, 0.15) is 0 Å². The molecule has 0 aliphatic rings. The van der Waals surface area contributed by atoms with E-state index in [1.807, 2.05) is 73.7 Å². The maximum atomic E-state index is 13.9. The van der Waals surface area contributed by atoms with Crippen LogP contribution in [0.4, 0.5) is 5.13 Å². The van der Waals surface area contributed by atoms with Gasteiger partial charge in [-0.05, 0) is 60.0 Å². The lowest BCUT2D eigenvalue weighted by atomic mass is 10.1. The predicted octanol–water partition coefficient (Wildman–Crippen LogP) is 6.31. The van der Waals surface area contributed by atoms with E-state index in [1.165, 1.54) is 27.8 Å². The van der Waals surface area contributed by atoms with Gasteiger partial charge in [0, 0.05) is 24.8 Å². The van der Waals surface area contributed by atoms with Gasteiger partial charge >= 0.3 is 0 Å². The summed E-state index contributed by atoms with van der Waals surface area (Å²) in [6.45, 7) is 4.74. The Morgan fingerprint density at radius 1 is 0.850 bits per heavy atom. The molecule has 5 rings (SSSR count). The molecule has 0 unspecified atom stereocenters. The van der Waals surface area contributed by atoms with Crippen LogP contribution in [-0.4, -0.2) is 35.1 Å². The number of carbonyl (C=O) groups excluding carboxylic acids is 1. The third kappa shape index (κ3) is 5.82. The van der Waals surface area contributed by atoms with Crippen LogP contribution in [0.2, 0.25) is 0 Å². The topological polar surface area (TPSA) is 83.5 Å². The minimum atomic E-state index is -3.75. The highest BCUT2D eigenvalue weighted by atomic mass is 32.2. The average molecular weight is 571 g/mol. The lowest BCUT2D eigenvalue weighted by Crippen LogP contribution is -2.31. The van der Waals surface area contributed by atoms with E-state index in [-0.39, 0.29) is 23.9 Å². The quantitative estimate of drug-likeness (QED) is 0.196. The van der Waals surface area contributed by atoms with Crippen molar-refractivity contribution in [2.45, 2.75) is 38.3 Å². The largest absolute Gasteiger partial charge is 0.278 e. The van der Waals surface area contributed by atoms with Crippen molar-refractivity contribution in [3.63, 3.8) is 0 Å². The summed E-state index contributed by atoms with van der Waals surface area (Å²) in [5.74, 6) is -0.275. The van der Waals surface area contributed by atoms with Gasteiger partial charge in [-0.25, -0.2) is 13.4 Å². The summed E-state index contributed by atoms with van der Waals surface area (Å²) in [6.07, 6.45) is 2.53. The fraction of sp³-hybridized carbons (Fsp3) is 0.194. The van der Waals surface area contributed by atoms with E-state index in [9.17, 15) is 13.2 Å². The summed E-state index contributed by atoms with van der Waals surface area (Å²) in [6, 6.07) is 27.3. The van der Waals surface area contributed by atoms with E-state index in [0.29, 0.717) is 17.2 Å². The van der Waals surface area contributed by atoms with Gasteiger partial charge in [-0.15, -0.1) is 0 Å². The smallest absolute Gasteiger partial charge is 0.260 e. The minimum absolute atomic E-state index is 0.144. The number of para-hydroxylation sites is 1. The normalized spacial score (nSPS) is 11.7.